The van der Waals surface area contributed by atoms with Gasteiger partial charge in [-0.3, -0.25) is 9.59 Å². The van der Waals surface area contributed by atoms with Crippen LogP contribution in [-0.2, 0) is 0 Å². The Hall–Kier alpha value is -2.95. The average Bonchev–Trinajstić information content (AvgIpc) is 3.25. The van der Waals surface area contributed by atoms with Gasteiger partial charge in [0.2, 0.25) is 5.92 Å². The number of benzene rings is 1. The van der Waals surface area contributed by atoms with Gasteiger partial charge < -0.3 is 20.1 Å². The zero-order valence-electron chi connectivity index (χ0n) is 21.7. The van der Waals surface area contributed by atoms with Crippen molar-refractivity contribution in [2.24, 2.45) is 17.3 Å². The second kappa shape index (κ2) is 9.04. The molecule has 210 valence electrons. The average molecular weight is 551 g/mol. The molecule has 0 radical (unpaired) electrons. The van der Waals surface area contributed by atoms with Gasteiger partial charge in [0.25, 0.3) is 17.9 Å². The number of hydrogen-bond acceptors (Lipinski definition) is 4. The molecule has 2 N–H and O–H groups in total. The monoisotopic (exact) mass is 550 g/mol. The summed E-state index contributed by atoms with van der Waals surface area (Å²) in [6, 6.07) is 3.93. The number of carbonyl (C=O) groups excluding carboxylic acids is 1. The van der Waals surface area contributed by atoms with Gasteiger partial charge in [-0.1, -0.05) is 18.2 Å². The van der Waals surface area contributed by atoms with Crippen LogP contribution in [0.5, 0.6) is 0 Å². The lowest BCUT2D eigenvalue weighted by Crippen LogP contribution is -2.54. The number of piperidine rings is 1. The number of amides is 1. The van der Waals surface area contributed by atoms with E-state index in [1.54, 1.807) is 0 Å². The van der Waals surface area contributed by atoms with E-state index in [1.165, 1.54) is 35.9 Å². The van der Waals surface area contributed by atoms with Crippen LogP contribution < -0.4 is 16.2 Å². The molecule has 2 aromatic rings. The van der Waals surface area contributed by atoms with Crippen molar-refractivity contribution in [3.8, 4) is 0 Å². The number of pyridine rings is 1. The van der Waals surface area contributed by atoms with E-state index in [1.807, 2.05) is 7.05 Å². The summed E-state index contributed by atoms with van der Waals surface area (Å²) in [5.41, 5.74) is -1.07. The quantitative estimate of drug-likeness (QED) is 0.469. The lowest BCUT2D eigenvalue weighted by atomic mass is 9.52. The fraction of sp³-hybridized carbons (Fsp3) is 0.571. The maximum Gasteiger partial charge on any atom is 0.266 e. The summed E-state index contributed by atoms with van der Waals surface area (Å²) in [6.07, 6.45) is -1.02. The third-order valence-corrected chi connectivity index (χ3v) is 9.13. The highest BCUT2D eigenvalue weighted by Gasteiger charge is 2.62. The molecule has 6 nitrogen and oxygen atoms in total. The normalized spacial score (nSPS) is 27.5. The Kier molecular flexibility index (Phi) is 6.09. The summed E-state index contributed by atoms with van der Waals surface area (Å²) >= 11 is 0. The SMILES string of the molecule is C[C@@H](NC(=O)c1cn(C2CC3(C2)CC(F)(F)C3)c(=O)cc1N[C@H]1[C@@H]2CN(C)C[C@@H]21)c1cccc(C(F)F)c1F. The number of nitrogens with one attached hydrogen (secondary N) is 2. The summed E-state index contributed by atoms with van der Waals surface area (Å²) in [5, 5.41) is 6.05. The van der Waals surface area contributed by atoms with Crippen LogP contribution in [0.25, 0.3) is 0 Å². The third-order valence-electron chi connectivity index (χ3n) is 9.13. The Morgan fingerprint density at radius 1 is 1.10 bits per heavy atom. The van der Waals surface area contributed by atoms with Crippen molar-refractivity contribution in [2.45, 2.75) is 63.1 Å². The van der Waals surface area contributed by atoms with E-state index in [2.05, 4.69) is 15.5 Å². The van der Waals surface area contributed by atoms with Crippen molar-refractivity contribution in [3.05, 3.63) is 63.3 Å². The van der Waals surface area contributed by atoms with Crippen molar-refractivity contribution in [1.29, 1.82) is 0 Å². The van der Waals surface area contributed by atoms with Gasteiger partial charge in [0.05, 0.1) is 22.9 Å². The van der Waals surface area contributed by atoms with Gasteiger partial charge >= 0.3 is 0 Å². The molecule has 6 rings (SSSR count). The molecular formula is C28H31F5N4O2. The number of anilines is 1. The lowest BCUT2D eigenvalue weighted by Gasteiger charge is -2.57. The van der Waals surface area contributed by atoms with Gasteiger partial charge in [0.1, 0.15) is 5.82 Å². The molecule has 0 bridgehead atoms. The zero-order chi connectivity index (χ0) is 27.9. The first-order chi connectivity index (χ1) is 18.4. The highest BCUT2D eigenvalue weighted by atomic mass is 19.3. The Morgan fingerprint density at radius 3 is 2.36 bits per heavy atom. The topological polar surface area (TPSA) is 66.4 Å². The van der Waals surface area contributed by atoms with Crippen molar-refractivity contribution in [2.75, 3.05) is 25.5 Å². The lowest BCUT2D eigenvalue weighted by molar-refractivity contribution is -0.203. The molecule has 3 saturated carbocycles. The first-order valence-corrected chi connectivity index (χ1v) is 13.3. The minimum absolute atomic E-state index is 0.0735. The largest absolute Gasteiger partial charge is 0.381 e. The fourth-order valence-corrected chi connectivity index (χ4v) is 7.16. The van der Waals surface area contributed by atoms with Crippen LogP contribution in [0.4, 0.5) is 27.6 Å². The summed E-state index contributed by atoms with van der Waals surface area (Å²) < 4.78 is 69.6. The summed E-state index contributed by atoms with van der Waals surface area (Å²) in [5.74, 6) is -3.50. The number of carbonyl (C=O) groups is 1. The molecule has 3 aliphatic carbocycles. The van der Waals surface area contributed by atoms with Crippen molar-refractivity contribution < 1.29 is 26.7 Å². The number of aromatic nitrogens is 1. The molecule has 39 heavy (non-hydrogen) atoms. The second-order valence-corrected chi connectivity index (χ2v) is 12.1. The van der Waals surface area contributed by atoms with E-state index in [0.29, 0.717) is 30.4 Å². The number of rotatable bonds is 7. The number of nitrogens with zero attached hydrogens (tertiary/aromatic N) is 2. The predicted octanol–water partition coefficient (Wildman–Crippen LogP) is 5.14. The molecule has 1 aromatic heterocycles. The molecule has 1 spiro atoms. The number of alkyl halides is 4. The van der Waals surface area contributed by atoms with E-state index in [9.17, 15) is 31.5 Å². The Morgan fingerprint density at radius 2 is 1.74 bits per heavy atom. The van der Waals surface area contributed by atoms with Crippen molar-refractivity contribution in [3.63, 3.8) is 0 Å². The van der Waals surface area contributed by atoms with E-state index in [-0.39, 0.29) is 41.6 Å². The molecule has 1 aliphatic heterocycles. The van der Waals surface area contributed by atoms with Gasteiger partial charge in [-0.2, -0.15) is 0 Å². The molecule has 4 fully saturated rings. The molecule has 2 heterocycles. The first kappa shape index (κ1) is 26.3. The molecule has 1 aromatic carbocycles. The van der Waals surface area contributed by atoms with Crippen LogP contribution in [0.1, 0.15) is 72.6 Å². The third kappa shape index (κ3) is 4.62. The van der Waals surface area contributed by atoms with E-state index >= 15 is 0 Å². The fourth-order valence-electron chi connectivity index (χ4n) is 7.16. The molecular weight excluding hydrogens is 519 g/mol. The van der Waals surface area contributed by atoms with Crippen LogP contribution in [0.3, 0.4) is 0 Å². The number of likely N-dealkylation sites (tertiary alicyclic amines) is 1. The van der Waals surface area contributed by atoms with Crippen LogP contribution >= 0.6 is 0 Å². The minimum Gasteiger partial charge on any atom is -0.381 e. The van der Waals surface area contributed by atoms with E-state index < -0.39 is 41.1 Å². The van der Waals surface area contributed by atoms with Gasteiger partial charge in [-0.15, -0.1) is 0 Å². The smallest absolute Gasteiger partial charge is 0.266 e. The molecule has 11 heteroatoms. The van der Waals surface area contributed by atoms with Crippen LogP contribution in [0.2, 0.25) is 0 Å². The highest BCUT2D eigenvalue weighted by Crippen LogP contribution is 2.65. The molecule has 4 aliphatic rings. The number of fused-ring (bicyclic) bond motifs is 1. The maximum atomic E-state index is 14.7. The Bertz CT molecular complexity index is 1350. The molecule has 4 atom stereocenters. The van der Waals surface area contributed by atoms with Gasteiger partial charge in [0, 0.05) is 55.8 Å². The highest BCUT2D eigenvalue weighted by molar-refractivity contribution is 5.99. The van der Waals surface area contributed by atoms with E-state index in [0.717, 1.165) is 19.2 Å². The zero-order valence-corrected chi connectivity index (χ0v) is 21.7. The standard InChI is InChI=1S/C28H31F5N4O2/c1-14(16-4-3-5-17(23(16)29)25(30)31)34-26(39)20-11-37(15-7-27(8-15)12-28(32,33)13-27)22(38)6-21(20)35-24-18-9-36(2)10-19(18)24/h3-6,11,14-15,18-19,24-25,35H,7-10,12-13H2,1-2H3,(H,34,39)/t14-,18-,19+,24+/m1/s1. The second-order valence-electron chi connectivity index (χ2n) is 12.1. The van der Waals surface area contributed by atoms with Crippen LogP contribution in [-0.4, -0.2) is 47.5 Å². The van der Waals surface area contributed by atoms with Gasteiger partial charge in [-0.05, 0) is 44.1 Å². The predicted molar refractivity (Wildman–Crippen MR) is 135 cm³/mol. The van der Waals surface area contributed by atoms with Crippen molar-refractivity contribution in [1.82, 2.24) is 14.8 Å². The summed E-state index contributed by atoms with van der Waals surface area (Å²) in [7, 11) is 2.04. The van der Waals surface area contributed by atoms with Crippen LogP contribution in [0, 0.1) is 23.1 Å². The summed E-state index contributed by atoms with van der Waals surface area (Å²) in [6.45, 7) is 3.32. The summed E-state index contributed by atoms with van der Waals surface area (Å²) in [4.78, 5) is 28.8. The Labute approximate surface area is 222 Å². The van der Waals surface area contributed by atoms with Gasteiger partial charge in [0.15, 0.2) is 0 Å². The number of halogens is 5. The molecule has 0 unspecified atom stereocenters. The maximum absolute atomic E-state index is 14.7. The first-order valence-electron chi connectivity index (χ1n) is 13.3. The van der Waals surface area contributed by atoms with E-state index in [4.69, 9.17) is 0 Å². The van der Waals surface area contributed by atoms with Crippen LogP contribution in [0.15, 0.2) is 35.3 Å². The molecule has 1 saturated heterocycles. The van der Waals surface area contributed by atoms with Crippen molar-refractivity contribution >= 4 is 11.6 Å². The minimum atomic E-state index is -2.99. The number of hydrogen-bond donors (Lipinski definition) is 2. The Balaban J connectivity index is 1.26. The molecule has 1 amide bonds. The van der Waals surface area contributed by atoms with Gasteiger partial charge in [-0.25, -0.2) is 22.0 Å².